The van der Waals surface area contributed by atoms with Crippen LogP contribution in [0, 0.1) is 0 Å². The molecule has 3 heteroatoms. The molecule has 1 aliphatic rings. The first-order valence-corrected chi connectivity index (χ1v) is 5.14. The molecule has 0 amide bonds. The maximum Gasteiger partial charge on any atom is 0.345 e. The standard InChI is InChI=1S/C13H10O3/c1-8-15-12-7-10-5-3-2-4-9(10)6-11(12)13(14)16-8/h2-8H,1H3/t8-/m0/s1. The highest BCUT2D eigenvalue weighted by Crippen LogP contribution is 2.30. The van der Waals surface area contributed by atoms with Gasteiger partial charge < -0.3 is 9.47 Å². The highest BCUT2D eigenvalue weighted by atomic mass is 16.7. The van der Waals surface area contributed by atoms with E-state index in [9.17, 15) is 4.79 Å². The number of rotatable bonds is 0. The summed E-state index contributed by atoms with van der Waals surface area (Å²) in [6, 6.07) is 11.5. The van der Waals surface area contributed by atoms with Crippen LogP contribution < -0.4 is 4.74 Å². The molecule has 2 aromatic rings. The molecule has 80 valence electrons. The van der Waals surface area contributed by atoms with E-state index >= 15 is 0 Å². The third-order valence-electron chi connectivity index (χ3n) is 2.63. The lowest BCUT2D eigenvalue weighted by molar-refractivity contribution is -0.0487. The second kappa shape index (κ2) is 3.23. The molecule has 1 atom stereocenters. The number of carbonyl (C=O) groups is 1. The highest BCUT2D eigenvalue weighted by molar-refractivity contribution is 5.99. The minimum Gasteiger partial charge on any atom is -0.454 e. The molecule has 0 N–H and O–H groups in total. The Bertz CT molecular complexity index is 574. The number of esters is 1. The molecule has 0 fully saturated rings. The molecule has 0 unspecified atom stereocenters. The number of benzene rings is 2. The molecule has 0 aromatic heterocycles. The van der Waals surface area contributed by atoms with E-state index in [2.05, 4.69) is 0 Å². The minimum absolute atomic E-state index is 0.320. The Hall–Kier alpha value is -2.03. The molecular weight excluding hydrogens is 204 g/mol. The molecule has 2 aromatic carbocycles. The lowest BCUT2D eigenvalue weighted by Gasteiger charge is -2.23. The summed E-state index contributed by atoms with van der Waals surface area (Å²) in [5.74, 6) is 0.280. The zero-order valence-electron chi connectivity index (χ0n) is 8.77. The van der Waals surface area contributed by atoms with Crippen molar-refractivity contribution in [3.63, 3.8) is 0 Å². The number of ether oxygens (including phenoxy) is 2. The van der Waals surface area contributed by atoms with E-state index in [4.69, 9.17) is 9.47 Å². The van der Waals surface area contributed by atoms with Crippen LogP contribution in [0.2, 0.25) is 0 Å². The van der Waals surface area contributed by atoms with Crippen molar-refractivity contribution >= 4 is 16.7 Å². The average molecular weight is 214 g/mol. The first kappa shape index (κ1) is 9.21. The number of cyclic esters (lactones) is 1. The normalized spacial score (nSPS) is 18.8. The summed E-state index contributed by atoms with van der Waals surface area (Å²) < 4.78 is 10.5. The Morgan fingerprint density at radius 3 is 2.50 bits per heavy atom. The van der Waals surface area contributed by atoms with Crippen LogP contribution in [0.15, 0.2) is 36.4 Å². The SMILES string of the molecule is C[C@@H]1OC(=O)c2cc3ccccc3cc2O1. The number of hydrogen-bond acceptors (Lipinski definition) is 3. The molecule has 0 saturated carbocycles. The predicted molar refractivity (Wildman–Crippen MR) is 59.5 cm³/mol. The summed E-state index contributed by atoms with van der Waals surface area (Å²) in [7, 11) is 0. The zero-order valence-corrected chi connectivity index (χ0v) is 8.77. The summed E-state index contributed by atoms with van der Waals surface area (Å²) >= 11 is 0. The van der Waals surface area contributed by atoms with Gasteiger partial charge in [0.05, 0.1) is 0 Å². The van der Waals surface area contributed by atoms with Crippen LogP contribution in [0.1, 0.15) is 17.3 Å². The third-order valence-corrected chi connectivity index (χ3v) is 2.63. The maximum atomic E-state index is 11.6. The molecule has 0 spiro atoms. The lowest BCUT2D eigenvalue weighted by Crippen LogP contribution is -2.27. The minimum atomic E-state index is -0.513. The van der Waals surface area contributed by atoms with Gasteiger partial charge in [0.25, 0.3) is 0 Å². The molecule has 1 heterocycles. The first-order chi connectivity index (χ1) is 7.74. The molecular formula is C13H10O3. The van der Waals surface area contributed by atoms with E-state index in [1.807, 2.05) is 30.3 Å². The van der Waals surface area contributed by atoms with Crippen molar-refractivity contribution in [2.45, 2.75) is 13.2 Å². The van der Waals surface area contributed by atoms with Gasteiger partial charge >= 0.3 is 5.97 Å². The molecule has 3 rings (SSSR count). The van der Waals surface area contributed by atoms with E-state index in [0.717, 1.165) is 10.8 Å². The zero-order chi connectivity index (χ0) is 11.1. The van der Waals surface area contributed by atoms with Crippen molar-refractivity contribution in [2.24, 2.45) is 0 Å². The molecule has 0 saturated heterocycles. The van der Waals surface area contributed by atoms with Crippen molar-refractivity contribution in [2.75, 3.05) is 0 Å². The van der Waals surface area contributed by atoms with Gasteiger partial charge in [-0.05, 0) is 22.9 Å². The van der Waals surface area contributed by atoms with Crippen LogP contribution >= 0.6 is 0 Å². The maximum absolute atomic E-state index is 11.6. The van der Waals surface area contributed by atoms with Crippen LogP contribution in [0.5, 0.6) is 5.75 Å². The van der Waals surface area contributed by atoms with Crippen molar-refractivity contribution in [1.82, 2.24) is 0 Å². The number of carbonyl (C=O) groups excluding carboxylic acids is 1. The fraction of sp³-hybridized carbons (Fsp3) is 0.154. The third kappa shape index (κ3) is 1.33. The Labute approximate surface area is 92.6 Å². The Kier molecular flexibility index (Phi) is 1.86. The number of fused-ring (bicyclic) bond motifs is 2. The van der Waals surface area contributed by atoms with Crippen LogP contribution in [0.4, 0.5) is 0 Å². The van der Waals surface area contributed by atoms with E-state index < -0.39 is 6.29 Å². The quantitative estimate of drug-likeness (QED) is 0.632. The molecule has 3 nitrogen and oxygen atoms in total. The van der Waals surface area contributed by atoms with Crippen LogP contribution in [-0.4, -0.2) is 12.3 Å². The Morgan fingerprint density at radius 2 is 1.75 bits per heavy atom. The average Bonchev–Trinajstić information content (AvgIpc) is 2.27. The van der Waals surface area contributed by atoms with Gasteiger partial charge in [-0.2, -0.15) is 0 Å². The monoisotopic (exact) mass is 214 g/mol. The van der Waals surface area contributed by atoms with Gasteiger partial charge in [-0.25, -0.2) is 4.79 Å². The van der Waals surface area contributed by atoms with E-state index in [0.29, 0.717) is 11.3 Å². The topological polar surface area (TPSA) is 35.5 Å². The largest absolute Gasteiger partial charge is 0.454 e. The summed E-state index contributed by atoms with van der Waals surface area (Å²) in [5.41, 5.74) is 0.497. The van der Waals surface area contributed by atoms with Gasteiger partial charge in [0.1, 0.15) is 11.3 Å². The molecule has 1 aliphatic heterocycles. The summed E-state index contributed by atoms with van der Waals surface area (Å²) in [5, 5.41) is 2.07. The Morgan fingerprint density at radius 1 is 1.06 bits per heavy atom. The van der Waals surface area contributed by atoms with Crippen LogP contribution in [-0.2, 0) is 4.74 Å². The fourth-order valence-corrected chi connectivity index (χ4v) is 1.89. The predicted octanol–water partition coefficient (Wildman–Crippen LogP) is 2.74. The summed E-state index contributed by atoms with van der Waals surface area (Å²) in [6.07, 6.45) is -0.513. The van der Waals surface area contributed by atoms with Gasteiger partial charge in [0, 0.05) is 6.92 Å². The van der Waals surface area contributed by atoms with Crippen molar-refractivity contribution in [3.05, 3.63) is 42.0 Å². The smallest absolute Gasteiger partial charge is 0.345 e. The molecule has 0 radical (unpaired) electrons. The fourth-order valence-electron chi connectivity index (χ4n) is 1.89. The van der Waals surface area contributed by atoms with Gasteiger partial charge in [-0.3, -0.25) is 0 Å². The highest BCUT2D eigenvalue weighted by Gasteiger charge is 2.24. The van der Waals surface area contributed by atoms with Gasteiger partial charge in [0.15, 0.2) is 0 Å². The van der Waals surface area contributed by atoms with Crippen molar-refractivity contribution in [1.29, 1.82) is 0 Å². The Balaban J connectivity index is 2.26. The van der Waals surface area contributed by atoms with Gasteiger partial charge in [0.2, 0.25) is 6.29 Å². The van der Waals surface area contributed by atoms with Gasteiger partial charge in [-0.15, -0.1) is 0 Å². The second-order valence-electron chi connectivity index (χ2n) is 3.79. The molecule has 0 aliphatic carbocycles. The summed E-state index contributed by atoms with van der Waals surface area (Å²) in [4.78, 5) is 11.6. The second-order valence-corrected chi connectivity index (χ2v) is 3.79. The van der Waals surface area contributed by atoms with E-state index in [1.165, 1.54) is 0 Å². The van der Waals surface area contributed by atoms with Crippen LogP contribution in [0.25, 0.3) is 10.8 Å². The first-order valence-electron chi connectivity index (χ1n) is 5.14. The lowest BCUT2D eigenvalue weighted by atomic mass is 10.1. The van der Waals surface area contributed by atoms with E-state index in [1.54, 1.807) is 13.0 Å². The van der Waals surface area contributed by atoms with E-state index in [-0.39, 0.29) is 5.97 Å². The van der Waals surface area contributed by atoms with Crippen molar-refractivity contribution in [3.8, 4) is 5.75 Å². The summed E-state index contributed by atoms with van der Waals surface area (Å²) in [6.45, 7) is 1.70. The molecule has 16 heavy (non-hydrogen) atoms. The number of hydrogen-bond donors (Lipinski definition) is 0. The van der Waals surface area contributed by atoms with Crippen LogP contribution in [0.3, 0.4) is 0 Å². The van der Waals surface area contributed by atoms with Crippen molar-refractivity contribution < 1.29 is 14.3 Å². The van der Waals surface area contributed by atoms with Gasteiger partial charge in [-0.1, -0.05) is 24.3 Å². The molecule has 0 bridgehead atoms.